The van der Waals surface area contributed by atoms with E-state index in [-0.39, 0.29) is 11.7 Å². The van der Waals surface area contributed by atoms with Crippen LogP contribution in [0.25, 0.3) is 0 Å². The van der Waals surface area contributed by atoms with Crippen molar-refractivity contribution in [1.82, 2.24) is 0 Å². The van der Waals surface area contributed by atoms with Gasteiger partial charge in [0, 0.05) is 12.0 Å². The molecule has 0 bridgehead atoms. The summed E-state index contributed by atoms with van der Waals surface area (Å²) in [5, 5.41) is 10.3. The summed E-state index contributed by atoms with van der Waals surface area (Å²) in [6.45, 7) is 2.05. The van der Waals surface area contributed by atoms with Crippen molar-refractivity contribution < 1.29 is 9.84 Å². The fourth-order valence-corrected chi connectivity index (χ4v) is 3.26. The summed E-state index contributed by atoms with van der Waals surface area (Å²) in [6, 6.07) is 6.13. The van der Waals surface area contributed by atoms with Crippen molar-refractivity contribution in [2.24, 2.45) is 0 Å². The third kappa shape index (κ3) is 1.95. The third-order valence-corrected chi connectivity index (χ3v) is 4.18. The Labute approximate surface area is 103 Å². The minimum Gasteiger partial charge on any atom is -0.487 e. The van der Waals surface area contributed by atoms with E-state index in [1.807, 2.05) is 6.07 Å². The molecule has 92 valence electrons. The van der Waals surface area contributed by atoms with Crippen LogP contribution in [0, 0.1) is 6.92 Å². The number of ether oxygens (including phenoxy) is 1. The topological polar surface area (TPSA) is 29.5 Å². The maximum Gasteiger partial charge on any atom is 0.125 e. The summed E-state index contributed by atoms with van der Waals surface area (Å²) < 4.78 is 6.23. The van der Waals surface area contributed by atoms with E-state index < -0.39 is 0 Å². The summed E-state index contributed by atoms with van der Waals surface area (Å²) in [7, 11) is 0. The molecular formula is C15H20O2. The standard InChI is InChI=1S/C15H20O2/c1-11-5-6-14-12(9-11)13(16)10-15(17-14)7-3-2-4-8-15/h5-6,9,13,16H,2-4,7-8,10H2,1H3/t13-/m1/s1. The molecule has 17 heavy (non-hydrogen) atoms. The lowest BCUT2D eigenvalue weighted by atomic mass is 9.78. The van der Waals surface area contributed by atoms with Crippen LogP contribution in [-0.4, -0.2) is 10.7 Å². The van der Waals surface area contributed by atoms with E-state index in [0.717, 1.165) is 30.6 Å². The molecule has 2 nitrogen and oxygen atoms in total. The van der Waals surface area contributed by atoms with E-state index in [4.69, 9.17) is 4.74 Å². The molecule has 0 aromatic heterocycles. The number of aryl methyl sites for hydroxylation is 1. The van der Waals surface area contributed by atoms with Crippen LogP contribution >= 0.6 is 0 Å². The first kappa shape index (κ1) is 11.1. The molecule has 1 atom stereocenters. The molecule has 1 spiro atoms. The number of rotatable bonds is 0. The van der Waals surface area contributed by atoms with Crippen molar-refractivity contribution in [3.63, 3.8) is 0 Å². The van der Waals surface area contributed by atoms with Gasteiger partial charge in [0.2, 0.25) is 0 Å². The molecule has 1 aliphatic carbocycles. The zero-order valence-corrected chi connectivity index (χ0v) is 10.4. The second-order valence-corrected chi connectivity index (χ2v) is 5.61. The zero-order valence-electron chi connectivity index (χ0n) is 10.4. The predicted octanol–water partition coefficient (Wildman–Crippen LogP) is 3.51. The Balaban J connectivity index is 1.94. The van der Waals surface area contributed by atoms with Gasteiger partial charge in [-0.05, 0) is 44.7 Å². The fourth-order valence-electron chi connectivity index (χ4n) is 3.26. The fraction of sp³-hybridized carbons (Fsp3) is 0.600. The summed E-state index contributed by atoms with van der Waals surface area (Å²) in [5.74, 6) is 0.899. The number of aliphatic hydroxyl groups excluding tert-OH is 1. The van der Waals surface area contributed by atoms with Gasteiger partial charge >= 0.3 is 0 Å². The minimum atomic E-state index is -0.350. The quantitative estimate of drug-likeness (QED) is 0.741. The highest BCUT2D eigenvalue weighted by Gasteiger charge is 2.41. The van der Waals surface area contributed by atoms with Crippen LogP contribution in [0.3, 0.4) is 0 Å². The van der Waals surface area contributed by atoms with Crippen LogP contribution in [0.5, 0.6) is 5.75 Å². The maximum atomic E-state index is 10.3. The van der Waals surface area contributed by atoms with E-state index in [9.17, 15) is 5.11 Å². The lowest BCUT2D eigenvalue weighted by Gasteiger charge is -2.43. The largest absolute Gasteiger partial charge is 0.487 e. The van der Waals surface area contributed by atoms with Crippen LogP contribution < -0.4 is 4.74 Å². The second-order valence-electron chi connectivity index (χ2n) is 5.61. The van der Waals surface area contributed by atoms with Crippen molar-refractivity contribution in [3.8, 4) is 5.75 Å². The first-order valence-corrected chi connectivity index (χ1v) is 6.66. The van der Waals surface area contributed by atoms with Gasteiger partial charge < -0.3 is 9.84 Å². The van der Waals surface area contributed by atoms with E-state index in [2.05, 4.69) is 19.1 Å². The highest BCUT2D eigenvalue weighted by Crippen LogP contribution is 2.46. The molecular weight excluding hydrogens is 212 g/mol. The van der Waals surface area contributed by atoms with Gasteiger partial charge in [0.1, 0.15) is 11.4 Å². The molecule has 1 saturated carbocycles. The molecule has 0 saturated heterocycles. The molecule has 1 fully saturated rings. The van der Waals surface area contributed by atoms with Crippen molar-refractivity contribution in [1.29, 1.82) is 0 Å². The van der Waals surface area contributed by atoms with Gasteiger partial charge in [0.25, 0.3) is 0 Å². The van der Waals surface area contributed by atoms with E-state index in [1.54, 1.807) is 0 Å². The van der Waals surface area contributed by atoms with Crippen molar-refractivity contribution in [2.75, 3.05) is 0 Å². The van der Waals surface area contributed by atoms with Gasteiger partial charge in [-0.2, -0.15) is 0 Å². The highest BCUT2D eigenvalue weighted by atomic mass is 16.5. The molecule has 0 amide bonds. The lowest BCUT2D eigenvalue weighted by Crippen LogP contribution is -2.42. The lowest BCUT2D eigenvalue weighted by molar-refractivity contribution is -0.0381. The van der Waals surface area contributed by atoms with Gasteiger partial charge in [-0.1, -0.05) is 18.1 Å². The van der Waals surface area contributed by atoms with Crippen molar-refractivity contribution >= 4 is 0 Å². The number of benzene rings is 1. The molecule has 1 aromatic rings. The van der Waals surface area contributed by atoms with Crippen molar-refractivity contribution in [3.05, 3.63) is 29.3 Å². The Morgan fingerprint density at radius 2 is 2.00 bits per heavy atom. The summed E-state index contributed by atoms with van der Waals surface area (Å²) in [4.78, 5) is 0. The molecule has 1 N–H and O–H groups in total. The number of fused-ring (bicyclic) bond motifs is 1. The molecule has 3 rings (SSSR count). The Morgan fingerprint density at radius 3 is 2.76 bits per heavy atom. The van der Waals surface area contributed by atoms with Crippen LogP contribution in [0.4, 0.5) is 0 Å². The number of hydrogen-bond acceptors (Lipinski definition) is 2. The van der Waals surface area contributed by atoms with Crippen LogP contribution in [0.2, 0.25) is 0 Å². The molecule has 1 aromatic carbocycles. The third-order valence-electron chi connectivity index (χ3n) is 4.18. The normalized spacial score (nSPS) is 26.4. The Bertz CT molecular complexity index is 419. The average molecular weight is 232 g/mol. The SMILES string of the molecule is Cc1ccc2c(c1)[C@H](O)CC1(CCCCC1)O2. The smallest absolute Gasteiger partial charge is 0.125 e. The van der Waals surface area contributed by atoms with Crippen LogP contribution in [-0.2, 0) is 0 Å². The predicted molar refractivity (Wildman–Crippen MR) is 67.2 cm³/mol. The maximum absolute atomic E-state index is 10.3. The molecule has 0 radical (unpaired) electrons. The Morgan fingerprint density at radius 1 is 1.24 bits per heavy atom. The van der Waals surface area contributed by atoms with Gasteiger partial charge in [-0.15, -0.1) is 0 Å². The monoisotopic (exact) mass is 232 g/mol. The zero-order chi connectivity index (χ0) is 11.9. The van der Waals surface area contributed by atoms with Gasteiger partial charge in [-0.25, -0.2) is 0 Å². The molecule has 1 heterocycles. The van der Waals surface area contributed by atoms with Crippen molar-refractivity contribution in [2.45, 2.75) is 57.2 Å². The first-order chi connectivity index (χ1) is 8.19. The molecule has 2 heteroatoms. The Kier molecular flexibility index (Phi) is 2.62. The first-order valence-electron chi connectivity index (χ1n) is 6.66. The average Bonchev–Trinajstić information content (AvgIpc) is 2.31. The summed E-state index contributed by atoms with van der Waals surface area (Å²) in [6.07, 6.45) is 6.37. The molecule has 2 aliphatic rings. The van der Waals surface area contributed by atoms with E-state index >= 15 is 0 Å². The minimum absolute atomic E-state index is 0.0834. The Hall–Kier alpha value is -1.02. The van der Waals surface area contributed by atoms with E-state index in [1.165, 1.54) is 24.8 Å². The summed E-state index contributed by atoms with van der Waals surface area (Å²) in [5.41, 5.74) is 2.08. The van der Waals surface area contributed by atoms with E-state index in [0.29, 0.717) is 0 Å². The molecule has 0 unspecified atom stereocenters. The van der Waals surface area contributed by atoms with Crippen LogP contribution in [0.1, 0.15) is 55.8 Å². The molecule has 1 aliphatic heterocycles. The highest BCUT2D eigenvalue weighted by molar-refractivity contribution is 5.40. The second kappa shape index (κ2) is 4.02. The van der Waals surface area contributed by atoms with Crippen LogP contribution in [0.15, 0.2) is 18.2 Å². The number of hydrogen-bond donors (Lipinski definition) is 1. The van der Waals surface area contributed by atoms with Gasteiger partial charge in [0.15, 0.2) is 0 Å². The summed E-state index contributed by atoms with van der Waals surface area (Å²) >= 11 is 0. The van der Waals surface area contributed by atoms with Gasteiger partial charge in [0.05, 0.1) is 6.10 Å². The number of aliphatic hydroxyl groups is 1. The van der Waals surface area contributed by atoms with Gasteiger partial charge in [-0.3, -0.25) is 0 Å².